The standard InChI is InChI=1S/C32H31N4O2.Mg/c1-8-19-16(5)23-10-22-14(3)15(4)30(35-22)29-21(13-37)32(38)28-18(7)25(36-31(28)29)12-27-20(9-2)17(6)24(34-27)11-26(19)33-23;/h8,10-15,21H,1,9H2,2-7H3,(H-,35,36,38);/q-3;+2/p-1/b22-10-,24-11-,27-12-;/t14-,15-,21+;/m0./s1. The Morgan fingerprint density at radius 3 is 2.26 bits per heavy atom. The van der Waals surface area contributed by atoms with Crippen LogP contribution in [0.4, 0.5) is 0 Å². The molecule has 194 valence electrons. The summed E-state index contributed by atoms with van der Waals surface area (Å²) in [4.78, 5) is 40.7. The third-order valence-electron chi connectivity index (χ3n) is 8.71. The molecule has 2 aliphatic heterocycles. The quantitative estimate of drug-likeness (QED) is 0.295. The van der Waals surface area contributed by atoms with Crippen LogP contribution in [0.2, 0.25) is 0 Å². The first kappa shape index (κ1) is 27.3. The number of allylic oxidation sites excluding steroid dienone is 3. The summed E-state index contributed by atoms with van der Waals surface area (Å²) in [5.74, 6) is -0.964. The van der Waals surface area contributed by atoms with Gasteiger partial charge >= 0.3 is 23.1 Å². The van der Waals surface area contributed by atoms with Crippen molar-refractivity contribution in [3.05, 3.63) is 90.1 Å². The van der Waals surface area contributed by atoms with Gasteiger partial charge in [0.25, 0.3) is 0 Å². The number of aromatic nitrogens is 3. The van der Waals surface area contributed by atoms with Crippen LogP contribution in [0.1, 0.15) is 81.7 Å². The predicted octanol–water partition coefficient (Wildman–Crippen LogP) is 3.70. The zero-order chi connectivity index (χ0) is 27.0. The zero-order valence-electron chi connectivity index (χ0n) is 23.3. The molecular weight excluding hydrogens is 497 g/mol. The second-order valence-electron chi connectivity index (χ2n) is 10.6. The number of carbonyl (C=O) groups is 2. The van der Waals surface area contributed by atoms with E-state index < -0.39 is 5.92 Å². The molecule has 6 nitrogen and oxygen atoms in total. The van der Waals surface area contributed by atoms with Crippen molar-refractivity contribution in [1.82, 2.24) is 15.0 Å². The number of Topliss-reactive ketones (excluding diaryl/α,β-unsaturated/α-hetero) is 1. The van der Waals surface area contributed by atoms with Gasteiger partial charge in [-0.25, -0.2) is 0 Å². The summed E-state index contributed by atoms with van der Waals surface area (Å²) in [6, 6.07) is 0. The van der Waals surface area contributed by atoms with E-state index in [0.29, 0.717) is 22.5 Å². The average Bonchev–Trinajstić information content (AvgIpc) is 3.62. The van der Waals surface area contributed by atoms with Crippen molar-refractivity contribution in [2.45, 2.75) is 48.0 Å². The first-order valence-corrected chi connectivity index (χ1v) is 13.2. The van der Waals surface area contributed by atoms with Gasteiger partial charge in [0.1, 0.15) is 12.2 Å². The van der Waals surface area contributed by atoms with Gasteiger partial charge in [-0.3, -0.25) is 4.79 Å². The summed E-state index contributed by atoms with van der Waals surface area (Å²) in [5, 5.41) is 6.74. The monoisotopic (exact) mass is 526 g/mol. The predicted molar refractivity (Wildman–Crippen MR) is 156 cm³/mol. The first-order valence-electron chi connectivity index (χ1n) is 13.2. The van der Waals surface area contributed by atoms with E-state index >= 15 is 0 Å². The Kier molecular flexibility index (Phi) is 6.80. The smallest absolute Gasteiger partial charge is 0.664 e. The van der Waals surface area contributed by atoms with Gasteiger partial charge in [0, 0.05) is 5.56 Å². The number of carbonyl (C=O) groups excluding carboxylic acids is 2. The number of ketones is 1. The maximum Gasteiger partial charge on any atom is 2.00 e. The number of aldehydes is 1. The molecule has 7 heteroatoms. The molecule has 39 heavy (non-hydrogen) atoms. The normalized spacial score (nSPS) is 26.1. The molecule has 0 N–H and O–H groups in total. The van der Waals surface area contributed by atoms with E-state index in [9.17, 15) is 9.59 Å². The summed E-state index contributed by atoms with van der Waals surface area (Å²) in [7, 11) is 0. The van der Waals surface area contributed by atoms with Gasteiger partial charge in [0.2, 0.25) is 0 Å². The fourth-order valence-electron chi connectivity index (χ4n) is 6.20. The van der Waals surface area contributed by atoms with Gasteiger partial charge in [0.15, 0.2) is 5.78 Å². The summed E-state index contributed by atoms with van der Waals surface area (Å²) in [6.45, 7) is 16.4. The van der Waals surface area contributed by atoms with Crippen LogP contribution in [0.25, 0.3) is 35.2 Å². The van der Waals surface area contributed by atoms with E-state index in [0.717, 1.165) is 74.0 Å². The van der Waals surface area contributed by atoms with Crippen molar-refractivity contribution in [2.24, 2.45) is 17.8 Å². The number of rotatable bonds is 3. The zero-order valence-corrected chi connectivity index (χ0v) is 24.8. The van der Waals surface area contributed by atoms with Crippen LogP contribution < -0.4 is 25.7 Å². The minimum absolute atomic E-state index is 0. The molecule has 0 saturated carbocycles. The number of hydrogen-bond acceptors (Lipinski definition) is 2. The van der Waals surface area contributed by atoms with Crippen molar-refractivity contribution in [1.29, 1.82) is 0 Å². The van der Waals surface area contributed by atoms with E-state index in [1.165, 1.54) is 0 Å². The molecule has 3 atom stereocenters. The Hall–Kier alpha value is -3.29. The Morgan fingerprint density at radius 1 is 0.897 bits per heavy atom. The van der Waals surface area contributed by atoms with Gasteiger partial charge in [-0.1, -0.05) is 79.5 Å². The Morgan fingerprint density at radius 2 is 1.59 bits per heavy atom. The fraction of sp³-hybridized carbons (Fsp3) is 0.312. The molecule has 0 radical (unpaired) electrons. The van der Waals surface area contributed by atoms with Crippen molar-refractivity contribution >= 4 is 65.0 Å². The van der Waals surface area contributed by atoms with E-state index in [1.54, 1.807) is 0 Å². The van der Waals surface area contributed by atoms with E-state index in [1.807, 2.05) is 31.2 Å². The molecule has 0 aromatic carbocycles. The molecule has 0 spiro atoms. The topological polar surface area (TPSA) is 90.5 Å². The Balaban J connectivity index is 0.00000308. The molecule has 3 aromatic heterocycles. The minimum Gasteiger partial charge on any atom is -0.664 e. The maximum atomic E-state index is 13.5. The van der Waals surface area contributed by atoms with Crippen molar-refractivity contribution in [2.75, 3.05) is 0 Å². The second-order valence-corrected chi connectivity index (χ2v) is 10.6. The Bertz CT molecular complexity index is 1760. The minimum atomic E-state index is -0.878. The molecule has 8 bridgehead atoms. The molecule has 6 rings (SSSR count). The van der Waals surface area contributed by atoms with Crippen LogP contribution in [0.15, 0.2) is 18.0 Å². The van der Waals surface area contributed by atoms with Gasteiger partial charge in [-0.15, -0.1) is 33.5 Å². The third-order valence-corrected chi connectivity index (χ3v) is 8.71. The van der Waals surface area contributed by atoms with Crippen LogP contribution in [-0.4, -0.2) is 35.1 Å². The summed E-state index contributed by atoms with van der Waals surface area (Å²) in [6.07, 6.45) is 9.45. The maximum absolute atomic E-state index is 13.5. The molecular formula is C32H30MgN4O2-2. The molecule has 0 amide bonds. The second kappa shape index (κ2) is 9.72. The molecule has 5 heterocycles. The summed E-state index contributed by atoms with van der Waals surface area (Å²) in [5.41, 5.74) is 10.9. The number of nitrogens with zero attached hydrogens (tertiary/aromatic N) is 4. The van der Waals surface area contributed by atoms with Crippen LogP contribution in [-0.2, 0) is 11.2 Å². The van der Waals surface area contributed by atoms with Gasteiger partial charge in [-0.2, -0.15) is 11.4 Å². The van der Waals surface area contributed by atoms with Crippen LogP contribution in [0, 0.1) is 38.5 Å². The number of fused-ring (bicyclic) bond motifs is 7. The first-order chi connectivity index (χ1) is 18.2. The fourth-order valence-corrected chi connectivity index (χ4v) is 6.20. The Labute approximate surface area is 244 Å². The molecule has 1 aliphatic carbocycles. The van der Waals surface area contributed by atoms with Gasteiger partial charge < -0.3 is 25.1 Å². The number of hydrogen-bond donors (Lipinski definition) is 0. The van der Waals surface area contributed by atoms with Gasteiger partial charge in [0.05, 0.1) is 0 Å². The van der Waals surface area contributed by atoms with Crippen molar-refractivity contribution < 1.29 is 9.59 Å². The van der Waals surface area contributed by atoms with Crippen molar-refractivity contribution in [3.8, 4) is 0 Å². The molecule has 0 unspecified atom stereocenters. The molecule has 3 aliphatic rings. The van der Waals surface area contributed by atoms with Crippen LogP contribution in [0.3, 0.4) is 0 Å². The summed E-state index contributed by atoms with van der Waals surface area (Å²) >= 11 is 0. The molecule has 1 saturated heterocycles. The van der Waals surface area contributed by atoms with E-state index in [2.05, 4.69) is 41.2 Å². The van der Waals surface area contributed by atoms with Crippen molar-refractivity contribution in [3.63, 3.8) is 0 Å². The van der Waals surface area contributed by atoms with E-state index in [4.69, 9.17) is 20.3 Å². The SMILES string of the molecule is C=Cc1c2[n-]c(c1C)/C=C1\[N-]/C(=C3\c4[n-]c(c(C)c4C(=O)[C@@H]3C=O)/C=c3\[n-]/c(c(C)c3CC)=C\2)[C@@H](C)[C@@H]1C.[Mg+2]. The summed E-state index contributed by atoms with van der Waals surface area (Å²) < 4.78 is 0. The van der Waals surface area contributed by atoms with Crippen LogP contribution in [0.5, 0.6) is 0 Å². The van der Waals surface area contributed by atoms with Gasteiger partial charge in [-0.05, 0) is 44.6 Å². The largest absolute Gasteiger partial charge is 2.00 e. The third kappa shape index (κ3) is 3.81. The average molecular weight is 527 g/mol. The van der Waals surface area contributed by atoms with E-state index in [-0.39, 0.29) is 40.7 Å². The molecule has 1 fully saturated rings. The van der Waals surface area contributed by atoms with Crippen LogP contribution >= 0.6 is 0 Å². The molecule has 3 aromatic rings.